The first-order valence-electron chi connectivity index (χ1n) is 12.2. The summed E-state index contributed by atoms with van der Waals surface area (Å²) in [5.74, 6) is -0.510. The Labute approximate surface area is 208 Å². The normalized spacial score (nSPS) is 15.0. The molecule has 0 radical (unpaired) electrons. The standard InChI is InChI=1S/C26H29N5O5/c1-29-24(18-7-3-4-8-19(18)28-29)25(33)30-11-9-20-23(26(34)35-2)21(14-22(32)31(20)13-12-30)36-16-17-6-5-10-27-15-17/h5-6,10,14-15H,3-4,7-9,11-13,16H2,1-2H3. The van der Waals surface area contributed by atoms with Crippen LogP contribution in [0.1, 0.15) is 56.2 Å². The maximum Gasteiger partial charge on any atom is 0.343 e. The lowest BCUT2D eigenvalue weighted by atomic mass is 9.95. The summed E-state index contributed by atoms with van der Waals surface area (Å²) >= 11 is 0. The van der Waals surface area contributed by atoms with E-state index in [1.165, 1.54) is 13.2 Å². The number of carbonyl (C=O) groups is 2. The first-order valence-corrected chi connectivity index (χ1v) is 12.2. The third-order valence-electron chi connectivity index (χ3n) is 6.91. The molecule has 0 saturated carbocycles. The fraction of sp³-hybridized carbons (Fsp3) is 0.423. The van der Waals surface area contributed by atoms with Crippen LogP contribution in [-0.4, -0.2) is 56.3 Å². The largest absolute Gasteiger partial charge is 0.488 e. The summed E-state index contributed by atoms with van der Waals surface area (Å²) < 4.78 is 14.2. The van der Waals surface area contributed by atoms with Crippen LogP contribution in [0.25, 0.3) is 0 Å². The molecule has 1 aliphatic carbocycles. The molecule has 0 spiro atoms. The second-order valence-electron chi connectivity index (χ2n) is 9.11. The van der Waals surface area contributed by atoms with E-state index < -0.39 is 5.97 Å². The Morgan fingerprint density at radius 3 is 2.72 bits per heavy atom. The highest BCUT2D eigenvalue weighted by Gasteiger charge is 2.31. The zero-order valence-electron chi connectivity index (χ0n) is 20.5. The van der Waals surface area contributed by atoms with Crippen molar-refractivity contribution in [1.29, 1.82) is 0 Å². The Morgan fingerprint density at radius 1 is 1.11 bits per heavy atom. The Morgan fingerprint density at radius 2 is 1.94 bits per heavy atom. The number of methoxy groups -OCH3 is 1. The summed E-state index contributed by atoms with van der Waals surface area (Å²) in [7, 11) is 3.11. The van der Waals surface area contributed by atoms with Gasteiger partial charge in [0.1, 0.15) is 23.6 Å². The van der Waals surface area contributed by atoms with Crippen molar-refractivity contribution < 1.29 is 19.1 Å². The number of pyridine rings is 2. The Balaban J connectivity index is 1.44. The molecule has 5 rings (SSSR count). The molecular weight excluding hydrogens is 462 g/mol. The molecule has 0 bridgehead atoms. The molecule has 1 amide bonds. The van der Waals surface area contributed by atoms with Crippen molar-refractivity contribution >= 4 is 11.9 Å². The fourth-order valence-electron chi connectivity index (χ4n) is 5.13. The van der Waals surface area contributed by atoms with Crippen LogP contribution in [0, 0.1) is 0 Å². The van der Waals surface area contributed by atoms with Crippen molar-refractivity contribution in [3.63, 3.8) is 0 Å². The minimum atomic E-state index is -0.583. The summed E-state index contributed by atoms with van der Waals surface area (Å²) in [4.78, 5) is 45.3. The highest BCUT2D eigenvalue weighted by Crippen LogP contribution is 2.27. The van der Waals surface area contributed by atoms with Crippen molar-refractivity contribution in [2.75, 3.05) is 20.2 Å². The maximum absolute atomic E-state index is 13.6. The van der Waals surface area contributed by atoms with Gasteiger partial charge in [-0.05, 0) is 31.7 Å². The quantitative estimate of drug-likeness (QED) is 0.502. The van der Waals surface area contributed by atoms with E-state index in [0.717, 1.165) is 42.5 Å². The van der Waals surface area contributed by atoms with Crippen LogP contribution in [0.4, 0.5) is 0 Å². The Bertz CT molecular complexity index is 1360. The van der Waals surface area contributed by atoms with Gasteiger partial charge in [-0.1, -0.05) is 6.07 Å². The van der Waals surface area contributed by atoms with Gasteiger partial charge in [-0.25, -0.2) is 4.79 Å². The van der Waals surface area contributed by atoms with Gasteiger partial charge in [-0.2, -0.15) is 5.10 Å². The molecule has 0 N–H and O–H groups in total. The lowest BCUT2D eigenvalue weighted by molar-refractivity contribution is 0.0592. The number of hydrogen-bond acceptors (Lipinski definition) is 7. The summed E-state index contributed by atoms with van der Waals surface area (Å²) in [5, 5.41) is 4.58. The molecular formula is C26H29N5O5. The van der Waals surface area contributed by atoms with Gasteiger partial charge < -0.3 is 18.9 Å². The zero-order chi connectivity index (χ0) is 25.2. The summed E-state index contributed by atoms with van der Waals surface area (Å²) in [5.41, 5.74) is 3.91. The number of aryl methyl sites for hydroxylation is 2. The lowest BCUT2D eigenvalue weighted by Crippen LogP contribution is -2.36. The van der Waals surface area contributed by atoms with Crippen LogP contribution in [0.2, 0.25) is 0 Å². The monoisotopic (exact) mass is 491 g/mol. The van der Waals surface area contributed by atoms with Gasteiger partial charge in [0.25, 0.3) is 11.5 Å². The summed E-state index contributed by atoms with van der Waals surface area (Å²) in [6.45, 7) is 1.13. The second kappa shape index (κ2) is 9.96. The van der Waals surface area contributed by atoms with Crippen LogP contribution in [0.15, 0.2) is 35.4 Å². The second-order valence-corrected chi connectivity index (χ2v) is 9.11. The van der Waals surface area contributed by atoms with E-state index in [-0.39, 0.29) is 35.9 Å². The van der Waals surface area contributed by atoms with E-state index in [1.54, 1.807) is 32.6 Å². The van der Waals surface area contributed by atoms with Gasteiger partial charge in [-0.15, -0.1) is 0 Å². The smallest absolute Gasteiger partial charge is 0.343 e. The molecule has 10 heteroatoms. The fourth-order valence-corrected chi connectivity index (χ4v) is 5.13. The van der Waals surface area contributed by atoms with Gasteiger partial charge in [0, 0.05) is 68.4 Å². The molecule has 3 aromatic rings. The molecule has 0 saturated heterocycles. The molecule has 3 aromatic heterocycles. The number of nitrogens with zero attached hydrogens (tertiary/aromatic N) is 5. The molecule has 36 heavy (non-hydrogen) atoms. The third-order valence-corrected chi connectivity index (χ3v) is 6.91. The molecule has 1 aliphatic heterocycles. The van der Waals surface area contributed by atoms with Crippen LogP contribution in [0.5, 0.6) is 5.75 Å². The predicted molar refractivity (Wildman–Crippen MR) is 130 cm³/mol. The molecule has 188 valence electrons. The number of carbonyl (C=O) groups excluding carboxylic acids is 2. The predicted octanol–water partition coefficient (Wildman–Crippen LogP) is 1.92. The van der Waals surface area contributed by atoms with E-state index in [0.29, 0.717) is 30.9 Å². The molecule has 10 nitrogen and oxygen atoms in total. The highest BCUT2D eigenvalue weighted by atomic mass is 16.5. The van der Waals surface area contributed by atoms with Crippen molar-refractivity contribution in [1.82, 2.24) is 24.2 Å². The number of aromatic nitrogens is 4. The van der Waals surface area contributed by atoms with Crippen LogP contribution in [-0.2, 0) is 44.2 Å². The highest BCUT2D eigenvalue weighted by molar-refractivity contribution is 5.95. The summed E-state index contributed by atoms with van der Waals surface area (Å²) in [6, 6.07) is 4.96. The molecule has 0 atom stereocenters. The molecule has 0 aromatic carbocycles. The van der Waals surface area contributed by atoms with Gasteiger partial charge >= 0.3 is 5.97 Å². The van der Waals surface area contributed by atoms with E-state index >= 15 is 0 Å². The first kappa shape index (κ1) is 23.8. The molecule has 4 heterocycles. The Kier molecular flexibility index (Phi) is 6.58. The van der Waals surface area contributed by atoms with Crippen molar-refractivity contribution in [3.05, 3.63) is 74.7 Å². The number of esters is 1. The van der Waals surface area contributed by atoms with Gasteiger partial charge in [0.15, 0.2) is 0 Å². The number of amides is 1. The number of hydrogen-bond donors (Lipinski definition) is 0. The minimum absolute atomic E-state index is 0.0957. The van der Waals surface area contributed by atoms with Crippen molar-refractivity contribution in [3.8, 4) is 5.75 Å². The van der Waals surface area contributed by atoms with Crippen LogP contribution >= 0.6 is 0 Å². The van der Waals surface area contributed by atoms with E-state index in [9.17, 15) is 14.4 Å². The van der Waals surface area contributed by atoms with E-state index in [2.05, 4.69) is 10.1 Å². The molecule has 2 aliphatic rings. The number of rotatable bonds is 5. The van der Waals surface area contributed by atoms with Gasteiger partial charge in [0.05, 0.1) is 12.8 Å². The van der Waals surface area contributed by atoms with Crippen LogP contribution < -0.4 is 10.3 Å². The Hall–Kier alpha value is -3.95. The van der Waals surface area contributed by atoms with Gasteiger partial charge in [-0.3, -0.25) is 19.3 Å². The lowest BCUT2D eigenvalue weighted by Gasteiger charge is -2.21. The van der Waals surface area contributed by atoms with Gasteiger partial charge in [0.2, 0.25) is 0 Å². The topological polar surface area (TPSA) is 109 Å². The molecule has 0 fully saturated rings. The third kappa shape index (κ3) is 4.38. The van der Waals surface area contributed by atoms with Crippen molar-refractivity contribution in [2.45, 2.75) is 45.3 Å². The number of fused-ring (bicyclic) bond motifs is 2. The average molecular weight is 492 g/mol. The SMILES string of the molecule is COC(=O)c1c(OCc2cccnc2)cc(=O)n2c1CCN(C(=O)c1c3c(nn1C)CCCC3)CC2. The summed E-state index contributed by atoms with van der Waals surface area (Å²) in [6.07, 6.45) is 7.51. The number of ether oxygens (including phenoxy) is 2. The average Bonchev–Trinajstić information content (AvgIpc) is 3.07. The zero-order valence-corrected chi connectivity index (χ0v) is 20.5. The molecule has 0 unspecified atom stereocenters. The van der Waals surface area contributed by atoms with E-state index in [1.807, 2.05) is 13.1 Å². The van der Waals surface area contributed by atoms with Crippen molar-refractivity contribution in [2.24, 2.45) is 7.05 Å². The first-order chi connectivity index (χ1) is 17.5. The van der Waals surface area contributed by atoms with E-state index in [4.69, 9.17) is 9.47 Å². The minimum Gasteiger partial charge on any atom is -0.488 e. The van der Waals surface area contributed by atoms with Crippen LogP contribution in [0.3, 0.4) is 0 Å². The maximum atomic E-state index is 13.6.